The van der Waals surface area contributed by atoms with Crippen molar-refractivity contribution in [1.82, 2.24) is 9.97 Å². The van der Waals surface area contributed by atoms with Crippen LogP contribution >= 0.6 is 0 Å². The van der Waals surface area contributed by atoms with Crippen LogP contribution in [0.1, 0.15) is 76.4 Å². The van der Waals surface area contributed by atoms with Crippen molar-refractivity contribution in [2.45, 2.75) is 65.7 Å². The maximum Gasteiger partial charge on any atom is 0.338 e. The molecule has 1 aromatic heterocycles. The van der Waals surface area contributed by atoms with Gasteiger partial charge >= 0.3 is 5.97 Å². The largest absolute Gasteiger partial charge is 0.478 e. The van der Waals surface area contributed by atoms with Gasteiger partial charge in [0.1, 0.15) is 0 Å². The van der Waals surface area contributed by atoms with Crippen molar-refractivity contribution in [3.05, 3.63) is 47.3 Å². The molecule has 1 aromatic carbocycles. The van der Waals surface area contributed by atoms with E-state index in [4.69, 9.17) is 5.11 Å². The first kappa shape index (κ1) is 20.9. The van der Waals surface area contributed by atoms with E-state index >= 15 is 0 Å². The van der Waals surface area contributed by atoms with Gasteiger partial charge in [-0.15, -0.1) is 0 Å². The van der Waals surface area contributed by atoms with Gasteiger partial charge in [-0.2, -0.15) is 0 Å². The van der Waals surface area contributed by atoms with Crippen LogP contribution in [-0.2, 0) is 10.8 Å². The molecule has 0 saturated heterocycles. The number of aromatic nitrogens is 2. The highest BCUT2D eigenvalue weighted by Gasteiger charge is 2.25. The van der Waals surface area contributed by atoms with Crippen LogP contribution in [0, 0.1) is 0 Å². The van der Waals surface area contributed by atoms with Gasteiger partial charge in [0.25, 0.3) is 0 Å². The first-order valence-corrected chi connectivity index (χ1v) is 9.43. The van der Waals surface area contributed by atoms with Crippen molar-refractivity contribution in [2.24, 2.45) is 0 Å². The normalized spacial score (nSPS) is 12.1. The molecule has 0 saturated carbocycles. The lowest BCUT2D eigenvalue weighted by molar-refractivity contribution is 0.0696. The van der Waals surface area contributed by atoms with E-state index in [9.17, 15) is 4.79 Å². The number of benzene rings is 1. The number of anilines is 2. The van der Waals surface area contributed by atoms with Gasteiger partial charge in [-0.05, 0) is 34.4 Å². The van der Waals surface area contributed by atoms with E-state index in [1.807, 2.05) is 0 Å². The highest BCUT2D eigenvalue weighted by molar-refractivity contribution is 5.86. The summed E-state index contributed by atoms with van der Waals surface area (Å²) in [5.41, 5.74) is 3.62. The predicted molar refractivity (Wildman–Crippen MR) is 110 cm³/mol. The monoisotopic (exact) mass is 369 g/mol. The van der Waals surface area contributed by atoms with Gasteiger partial charge in [-0.25, -0.2) is 14.8 Å². The number of aromatic carboxylic acids is 1. The Labute approximate surface area is 162 Å². The highest BCUT2D eigenvalue weighted by Crippen LogP contribution is 2.38. The number of carboxylic acids is 1. The van der Waals surface area contributed by atoms with Crippen LogP contribution in [0.25, 0.3) is 0 Å². The van der Waals surface area contributed by atoms with Gasteiger partial charge in [0.05, 0.1) is 5.56 Å². The second kappa shape index (κ2) is 7.67. The molecule has 1 N–H and O–H groups in total. The first-order chi connectivity index (χ1) is 12.4. The molecule has 5 nitrogen and oxygen atoms in total. The first-order valence-electron chi connectivity index (χ1n) is 9.43. The molecule has 146 valence electrons. The third-order valence-corrected chi connectivity index (χ3v) is 4.54. The Balaban J connectivity index is 2.65. The molecule has 5 heteroatoms. The lowest BCUT2D eigenvalue weighted by atomic mass is 9.81. The Morgan fingerprint density at radius 3 is 2.07 bits per heavy atom. The summed E-state index contributed by atoms with van der Waals surface area (Å²) >= 11 is 0. The third-order valence-electron chi connectivity index (χ3n) is 4.54. The predicted octanol–water partition coefficient (Wildman–Crippen LogP) is 5.32. The van der Waals surface area contributed by atoms with Gasteiger partial charge in [0.15, 0.2) is 0 Å². The molecular formula is C22H31N3O2. The van der Waals surface area contributed by atoms with Crippen LogP contribution < -0.4 is 4.90 Å². The van der Waals surface area contributed by atoms with Gasteiger partial charge in [-0.1, -0.05) is 60.6 Å². The van der Waals surface area contributed by atoms with Crippen LogP contribution in [0.5, 0.6) is 0 Å². The van der Waals surface area contributed by atoms with Crippen molar-refractivity contribution < 1.29 is 9.90 Å². The molecule has 0 fully saturated rings. The number of rotatable bonds is 5. The Kier molecular flexibility index (Phi) is 5.93. The molecule has 0 bridgehead atoms. The average molecular weight is 370 g/mol. The molecule has 2 aromatic rings. The van der Waals surface area contributed by atoms with E-state index in [1.54, 1.807) is 0 Å². The molecule has 2 rings (SSSR count). The Bertz CT molecular complexity index is 800. The molecular weight excluding hydrogens is 338 g/mol. The minimum Gasteiger partial charge on any atom is -0.478 e. The molecule has 0 unspecified atom stereocenters. The van der Waals surface area contributed by atoms with Crippen molar-refractivity contribution in [1.29, 1.82) is 0 Å². The molecule has 1 heterocycles. The number of carboxylic acid groups (broad SMARTS) is 1. The highest BCUT2D eigenvalue weighted by atomic mass is 16.4. The van der Waals surface area contributed by atoms with Gasteiger partial charge in [0.2, 0.25) is 5.95 Å². The van der Waals surface area contributed by atoms with Crippen LogP contribution in [-0.4, -0.2) is 27.6 Å². The van der Waals surface area contributed by atoms with Gasteiger partial charge < -0.3 is 10.0 Å². The minimum absolute atomic E-state index is 0.0249. The summed E-state index contributed by atoms with van der Waals surface area (Å²) in [5, 5.41) is 9.12. The maximum absolute atomic E-state index is 11.1. The lowest BCUT2D eigenvalue weighted by Gasteiger charge is -2.32. The fourth-order valence-corrected chi connectivity index (χ4v) is 2.98. The quantitative estimate of drug-likeness (QED) is 0.773. The molecule has 27 heavy (non-hydrogen) atoms. The van der Waals surface area contributed by atoms with Gasteiger partial charge in [-0.3, -0.25) is 0 Å². The van der Waals surface area contributed by atoms with E-state index in [-0.39, 0.29) is 16.4 Å². The average Bonchev–Trinajstić information content (AvgIpc) is 2.57. The van der Waals surface area contributed by atoms with E-state index in [2.05, 4.69) is 81.5 Å². The fraction of sp³-hybridized carbons (Fsp3) is 0.500. The second-order valence-corrected chi connectivity index (χ2v) is 8.96. The molecule has 0 aliphatic carbocycles. The second-order valence-electron chi connectivity index (χ2n) is 8.96. The zero-order chi connectivity index (χ0) is 20.4. The van der Waals surface area contributed by atoms with E-state index in [0.29, 0.717) is 5.95 Å². The maximum atomic E-state index is 11.1. The fourth-order valence-electron chi connectivity index (χ4n) is 2.98. The Morgan fingerprint density at radius 2 is 1.63 bits per heavy atom. The summed E-state index contributed by atoms with van der Waals surface area (Å²) in [7, 11) is 0. The van der Waals surface area contributed by atoms with Crippen LogP contribution in [0.2, 0.25) is 0 Å². The van der Waals surface area contributed by atoms with Crippen molar-refractivity contribution in [3.63, 3.8) is 0 Å². The van der Waals surface area contributed by atoms with Crippen LogP contribution in [0.4, 0.5) is 11.6 Å². The Hall–Kier alpha value is -2.43. The summed E-state index contributed by atoms with van der Waals surface area (Å²) in [4.78, 5) is 21.9. The van der Waals surface area contributed by atoms with Crippen molar-refractivity contribution >= 4 is 17.6 Å². The minimum atomic E-state index is -1.02. The molecule has 0 spiro atoms. The standard InChI is InChI=1S/C22H31N3O2/c1-8-11-25(20-23-13-15(14-24-20)19(26)27)18-12-16(21(2,3)4)9-10-17(18)22(5,6)7/h9-10,12-14H,8,11H2,1-7H3,(H,26,27). The summed E-state index contributed by atoms with van der Waals surface area (Å²) < 4.78 is 0. The van der Waals surface area contributed by atoms with E-state index in [0.717, 1.165) is 18.7 Å². The molecule has 0 amide bonds. The third kappa shape index (κ3) is 4.85. The smallest absolute Gasteiger partial charge is 0.338 e. The molecule has 0 aliphatic heterocycles. The summed E-state index contributed by atoms with van der Waals surface area (Å²) in [6, 6.07) is 6.62. The van der Waals surface area contributed by atoms with Crippen LogP contribution in [0.15, 0.2) is 30.6 Å². The van der Waals surface area contributed by atoms with E-state index < -0.39 is 5.97 Å². The summed E-state index contributed by atoms with van der Waals surface area (Å²) in [5.74, 6) is -0.493. The summed E-state index contributed by atoms with van der Waals surface area (Å²) in [6.07, 6.45) is 3.67. The molecule has 0 atom stereocenters. The molecule has 0 aliphatic rings. The Morgan fingerprint density at radius 1 is 1.04 bits per heavy atom. The number of nitrogens with zero attached hydrogens (tertiary/aromatic N) is 3. The van der Waals surface area contributed by atoms with Crippen LogP contribution in [0.3, 0.4) is 0 Å². The van der Waals surface area contributed by atoms with Crippen molar-refractivity contribution in [3.8, 4) is 0 Å². The molecule has 0 radical (unpaired) electrons. The summed E-state index contributed by atoms with van der Waals surface area (Å²) in [6.45, 7) is 16.1. The topological polar surface area (TPSA) is 66.3 Å². The lowest BCUT2D eigenvalue weighted by Crippen LogP contribution is -2.26. The van der Waals surface area contributed by atoms with Crippen molar-refractivity contribution in [2.75, 3.05) is 11.4 Å². The zero-order valence-corrected chi connectivity index (χ0v) is 17.5. The van der Waals surface area contributed by atoms with E-state index in [1.165, 1.54) is 23.5 Å². The van der Waals surface area contributed by atoms with Gasteiger partial charge in [0, 0.05) is 24.6 Å². The SMILES string of the molecule is CCCN(c1ncc(C(=O)O)cn1)c1cc(C(C)(C)C)ccc1C(C)(C)C. The number of carbonyl (C=O) groups is 1. The zero-order valence-electron chi connectivity index (χ0n) is 17.5. The number of hydrogen-bond donors (Lipinski definition) is 1. The number of hydrogen-bond acceptors (Lipinski definition) is 4.